The van der Waals surface area contributed by atoms with Gasteiger partial charge < -0.3 is 15.2 Å². The van der Waals surface area contributed by atoms with E-state index in [0.29, 0.717) is 6.42 Å². The Morgan fingerprint density at radius 1 is 1.11 bits per heavy atom. The zero-order chi connectivity index (χ0) is 13.0. The maximum atomic E-state index is 13.0. The first-order valence-corrected chi connectivity index (χ1v) is 5.84. The SMILES string of the molecule is OCCC(CO)(c1ccc(F)cc1)c1ccc[nH]1. The Hall–Kier alpha value is -1.65. The van der Waals surface area contributed by atoms with Crippen LogP contribution in [-0.4, -0.2) is 28.4 Å². The van der Waals surface area contributed by atoms with Gasteiger partial charge in [-0.25, -0.2) is 4.39 Å². The first-order valence-electron chi connectivity index (χ1n) is 5.84. The van der Waals surface area contributed by atoms with Gasteiger partial charge in [0, 0.05) is 18.5 Å². The van der Waals surface area contributed by atoms with E-state index in [0.717, 1.165) is 11.3 Å². The van der Waals surface area contributed by atoms with Gasteiger partial charge in [-0.1, -0.05) is 12.1 Å². The van der Waals surface area contributed by atoms with Crippen LogP contribution in [0, 0.1) is 5.82 Å². The van der Waals surface area contributed by atoms with Gasteiger partial charge in [0.05, 0.1) is 12.0 Å². The Morgan fingerprint density at radius 2 is 1.83 bits per heavy atom. The van der Waals surface area contributed by atoms with Crippen molar-refractivity contribution in [3.8, 4) is 0 Å². The number of halogens is 1. The van der Waals surface area contributed by atoms with Crippen molar-refractivity contribution in [1.29, 1.82) is 0 Å². The number of H-pyrrole nitrogens is 1. The van der Waals surface area contributed by atoms with Crippen LogP contribution in [-0.2, 0) is 5.41 Å². The standard InChI is InChI=1S/C14H16FNO2/c15-12-5-3-11(4-6-12)14(10-18,7-9-17)13-2-1-8-16-13/h1-6,8,16-18H,7,9-10H2. The van der Waals surface area contributed by atoms with Gasteiger partial charge in [0.2, 0.25) is 0 Å². The lowest BCUT2D eigenvalue weighted by molar-refractivity contribution is 0.174. The summed E-state index contributed by atoms with van der Waals surface area (Å²) >= 11 is 0. The summed E-state index contributed by atoms with van der Waals surface area (Å²) in [5.41, 5.74) is 0.875. The number of rotatable bonds is 5. The number of nitrogens with one attached hydrogen (secondary N) is 1. The number of aromatic amines is 1. The summed E-state index contributed by atoms with van der Waals surface area (Å²) in [6, 6.07) is 9.69. The number of aliphatic hydroxyl groups is 2. The minimum absolute atomic E-state index is 0.0586. The molecule has 1 heterocycles. The lowest BCUT2D eigenvalue weighted by atomic mass is 9.76. The topological polar surface area (TPSA) is 56.2 Å². The summed E-state index contributed by atoms with van der Waals surface area (Å²) in [6.45, 7) is -0.212. The molecule has 96 valence electrons. The Balaban J connectivity index is 2.50. The molecule has 2 rings (SSSR count). The van der Waals surface area contributed by atoms with Gasteiger partial charge in [0.15, 0.2) is 0 Å². The van der Waals surface area contributed by atoms with E-state index < -0.39 is 5.41 Å². The molecule has 4 heteroatoms. The second-order valence-electron chi connectivity index (χ2n) is 4.30. The largest absolute Gasteiger partial charge is 0.396 e. The van der Waals surface area contributed by atoms with E-state index >= 15 is 0 Å². The van der Waals surface area contributed by atoms with E-state index in [1.54, 1.807) is 18.3 Å². The van der Waals surface area contributed by atoms with Crippen LogP contribution in [0.5, 0.6) is 0 Å². The van der Waals surface area contributed by atoms with Crippen LogP contribution >= 0.6 is 0 Å². The molecule has 18 heavy (non-hydrogen) atoms. The molecule has 1 unspecified atom stereocenters. The molecule has 3 N–H and O–H groups in total. The number of hydrogen-bond donors (Lipinski definition) is 3. The number of benzene rings is 1. The summed E-state index contributed by atoms with van der Waals surface area (Å²) in [7, 11) is 0. The summed E-state index contributed by atoms with van der Waals surface area (Å²) in [5, 5.41) is 19.0. The van der Waals surface area contributed by atoms with Crippen LogP contribution in [0.15, 0.2) is 42.6 Å². The van der Waals surface area contributed by atoms with Gasteiger partial charge in [0.25, 0.3) is 0 Å². The molecule has 0 aliphatic heterocycles. The minimum Gasteiger partial charge on any atom is -0.396 e. The number of hydrogen-bond acceptors (Lipinski definition) is 2. The van der Waals surface area contributed by atoms with Crippen molar-refractivity contribution in [2.24, 2.45) is 0 Å². The molecule has 0 saturated heterocycles. The molecule has 0 aliphatic rings. The molecule has 0 radical (unpaired) electrons. The Labute approximate surface area is 105 Å². The average Bonchev–Trinajstić information content (AvgIpc) is 2.91. The highest BCUT2D eigenvalue weighted by atomic mass is 19.1. The van der Waals surface area contributed by atoms with Crippen LogP contribution in [0.2, 0.25) is 0 Å². The molecule has 1 aromatic carbocycles. The molecular weight excluding hydrogens is 233 g/mol. The molecule has 1 atom stereocenters. The van der Waals surface area contributed by atoms with Gasteiger partial charge in [-0.3, -0.25) is 0 Å². The van der Waals surface area contributed by atoms with Crippen molar-refractivity contribution < 1.29 is 14.6 Å². The fraction of sp³-hybridized carbons (Fsp3) is 0.286. The van der Waals surface area contributed by atoms with Crippen molar-refractivity contribution in [1.82, 2.24) is 4.98 Å². The van der Waals surface area contributed by atoms with E-state index in [9.17, 15) is 14.6 Å². The summed E-state index contributed by atoms with van der Waals surface area (Å²) < 4.78 is 13.0. The monoisotopic (exact) mass is 249 g/mol. The Bertz CT molecular complexity index is 481. The number of aromatic nitrogens is 1. The molecule has 3 nitrogen and oxygen atoms in total. The van der Waals surface area contributed by atoms with Crippen LogP contribution in [0.4, 0.5) is 4.39 Å². The van der Waals surface area contributed by atoms with E-state index in [1.807, 2.05) is 12.1 Å². The molecule has 0 saturated carbocycles. The van der Waals surface area contributed by atoms with Crippen molar-refractivity contribution in [2.45, 2.75) is 11.8 Å². The van der Waals surface area contributed by atoms with E-state index in [-0.39, 0.29) is 19.0 Å². The third kappa shape index (κ3) is 2.17. The molecule has 0 aliphatic carbocycles. The van der Waals surface area contributed by atoms with Crippen molar-refractivity contribution in [2.75, 3.05) is 13.2 Å². The fourth-order valence-electron chi connectivity index (χ4n) is 2.28. The Morgan fingerprint density at radius 3 is 2.33 bits per heavy atom. The lowest BCUT2D eigenvalue weighted by Gasteiger charge is -2.31. The van der Waals surface area contributed by atoms with Crippen LogP contribution in [0.3, 0.4) is 0 Å². The Kier molecular flexibility index (Phi) is 3.79. The molecule has 0 spiro atoms. The molecule has 1 aromatic heterocycles. The van der Waals surface area contributed by atoms with E-state index in [4.69, 9.17) is 0 Å². The fourth-order valence-corrected chi connectivity index (χ4v) is 2.28. The molecule has 2 aromatic rings. The number of aliphatic hydroxyl groups excluding tert-OH is 2. The third-order valence-corrected chi connectivity index (χ3v) is 3.32. The molecule has 0 amide bonds. The highest BCUT2D eigenvalue weighted by Gasteiger charge is 2.34. The maximum absolute atomic E-state index is 13.0. The maximum Gasteiger partial charge on any atom is 0.123 e. The first-order chi connectivity index (χ1) is 8.73. The molecule has 0 fully saturated rings. The molecular formula is C14H16FNO2. The smallest absolute Gasteiger partial charge is 0.123 e. The normalized spacial score (nSPS) is 14.4. The lowest BCUT2D eigenvalue weighted by Crippen LogP contribution is -2.33. The average molecular weight is 249 g/mol. The van der Waals surface area contributed by atoms with Gasteiger partial charge >= 0.3 is 0 Å². The highest BCUT2D eigenvalue weighted by molar-refractivity contribution is 5.36. The zero-order valence-electron chi connectivity index (χ0n) is 9.94. The van der Waals surface area contributed by atoms with Crippen LogP contribution in [0.1, 0.15) is 17.7 Å². The summed E-state index contributed by atoms with van der Waals surface area (Å²) in [5.74, 6) is -0.318. The summed E-state index contributed by atoms with van der Waals surface area (Å²) in [6.07, 6.45) is 2.14. The minimum atomic E-state index is -0.716. The zero-order valence-corrected chi connectivity index (χ0v) is 9.94. The highest BCUT2D eigenvalue weighted by Crippen LogP contribution is 2.34. The predicted octanol–water partition coefficient (Wildman–Crippen LogP) is 1.81. The molecule has 0 bridgehead atoms. The van der Waals surface area contributed by atoms with Crippen molar-refractivity contribution in [3.63, 3.8) is 0 Å². The van der Waals surface area contributed by atoms with Crippen molar-refractivity contribution in [3.05, 3.63) is 59.7 Å². The third-order valence-electron chi connectivity index (χ3n) is 3.32. The van der Waals surface area contributed by atoms with Crippen LogP contribution in [0.25, 0.3) is 0 Å². The van der Waals surface area contributed by atoms with Gasteiger partial charge in [-0.2, -0.15) is 0 Å². The van der Waals surface area contributed by atoms with Gasteiger partial charge in [-0.15, -0.1) is 0 Å². The second-order valence-corrected chi connectivity index (χ2v) is 4.30. The van der Waals surface area contributed by atoms with Gasteiger partial charge in [-0.05, 0) is 36.2 Å². The van der Waals surface area contributed by atoms with E-state index in [1.165, 1.54) is 12.1 Å². The quantitative estimate of drug-likeness (QED) is 0.757. The first kappa shape index (κ1) is 12.8. The van der Waals surface area contributed by atoms with Crippen molar-refractivity contribution >= 4 is 0 Å². The predicted molar refractivity (Wildman–Crippen MR) is 66.8 cm³/mol. The summed E-state index contributed by atoms with van der Waals surface area (Å²) in [4.78, 5) is 3.06. The van der Waals surface area contributed by atoms with E-state index in [2.05, 4.69) is 4.98 Å². The van der Waals surface area contributed by atoms with Crippen LogP contribution < -0.4 is 0 Å². The van der Waals surface area contributed by atoms with Gasteiger partial charge in [0.1, 0.15) is 5.82 Å². The second kappa shape index (κ2) is 5.33.